The fraction of sp³-hybridized carbons (Fsp3) is 0.684. The Hall–Kier alpha value is -1.26. The van der Waals surface area contributed by atoms with Gasteiger partial charge in [0.05, 0.1) is 0 Å². The summed E-state index contributed by atoms with van der Waals surface area (Å²) in [7, 11) is 0. The van der Waals surface area contributed by atoms with Crippen LogP contribution in [0.25, 0.3) is 0 Å². The van der Waals surface area contributed by atoms with Crippen molar-refractivity contribution in [3.8, 4) is 11.5 Å². The van der Waals surface area contributed by atoms with Crippen LogP contribution in [0.2, 0.25) is 0 Å². The lowest BCUT2D eigenvalue weighted by atomic mass is 10.0. The molecule has 0 aromatic heterocycles. The molecule has 1 aliphatic rings. The molecule has 1 N–H and O–H groups in total. The molecule has 0 bridgehead atoms. The van der Waals surface area contributed by atoms with E-state index in [2.05, 4.69) is 52.5 Å². The van der Waals surface area contributed by atoms with Crippen molar-refractivity contribution < 1.29 is 14.6 Å². The first-order chi connectivity index (χ1) is 10.7. The Morgan fingerprint density at radius 3 is 2.48 bits per heavy atom. The molecule has 130 valence electrons. The molecule has 23 heavy (non-hydrogen) atoms. The smallest absolute Gasteiger partial charge is 0.165 e. The van der Waals surface area contributed by atoms with Crippen molar-refractivity contribution in [1.82, 2.24) is 4.90 Å². The van der Waals surface area contributed by atoms with Gasteiger partial charge < -0.3 is 14.6 Å². The summed E-state index contributed by atoms with van der Waals surface area (Å²) in [5.41, 5.74) is 0.986. The van der Waals surface area contributed by atoms with Gasteiger partial charge in [0.25, 0.3) is 0 Å². The first-order valence-electron chi connectivity index (χ1n) is 8.57. The number of hydrogen-bond acceptors (Lipinski definition) is 4. The molecule has 2 rings (SSSR count). The summed E-state index contributed by atoms with van der Waals surface area (Å²) < 4.78 is 11.9. The van der Waals surface area contributed by atoms with Crippen molar-refractivity contribution in [3.05, 3.63) is 23.8 Å². The molecule has 0 radical (unpaired) electrons. The third kappa shape index (κ3) is 4.61. The second kappa shape index (κ2) is 7.10. The van der Waals surface area contributed by atoms with Crippen LogP contribution in [-0.2, 0) is 6.42 Å². The van der Waals surface area contributed by atoms with Crippen LogP contribution in [0.4, 0.5) is 0 Å². The van der Waals surface area contributed by atoms with Gasteiger partial charge in [-0.1, -0.05) is 12.1 Å². The lowest BCUT2D eigenvalue weighted by molar-refractivity contribution is 0.0427. The molecule has 0 aliphatic carbocycles. The maximum Gasteiger partial charge on any atom is 0.165 e. The standard InChI is InChI=1S/C19H31NO3/c1-13(2)20(14(3)4)11-16(21)12-22-17-9-7-8-15-10-19(5,6)23-18(15)17/h7-9,13-14,16,21H,10-12H2,1-6H3. The molecule has 0 spiro atoms. The van der Waals surface area contributed by atoms with Crippen LogP contribution >= 0.6 is 0 Å². The number of hydrogen-bond donors (Lipinski definition) is 1. The van der Waals surface area contributed by atoms with Crippen LogP contribution in [0.3, 0.4) is 0 Å². The molecule has 1 heterocycles. The SMILES string of the molecule is CC(C)N(CC(O)COc1cccc2c1OC(C)(C)C2)C(C)C. The number of aliphatic hydroxyl groups excluding tert-OH is 1. The Bertz CT molecular complexity index is 517. The van der Waals surface area contributed by atoms with E-state index in [1.165, 1.54) is 5.56 Å². The van der Waals surface area contributed by atoms with Gasteiger partial charge in [-0.3, -0.25) is 4.90 Å². The van der Waals surface area contributed by atoms with Gasteiger partial charge >= 0.3 is 0 Å². The van der Waals surface area contributed by atoms with E-state index in [4.69, 9.17) is 9.47 Å². The van der Waals surface area contributed by atoms with Gasteiger partial charge in [-0.2, -0.15) is 0 Å². The van der Waals surface area contributed by atoms with E-state index < -0.39 is 6.10 Å². The van der Waals surface area contributed by atoms with E-state index in [9.17, 15) is 5.11 Å². The lowest BCUT2D eigenvalue weighted by Crippen LogP contribution is -2.43. The maximum atomic E-state index is 10.3. The summed E-state index contributed by atoms with van der Waals surface area (Å²) >= 11 is 0. The minimum atomic E-state index is -0.523. The van der Waals surface area contributed by atoms with Crippen molar-refractivity contribution in [2.75, 3.05) is 13.2 Å². The maximum absolute atomic E-state index is 10.3. The summed E-state index contributed by atoms with van der Waals surface area (Å²) in [5.74, 6) is 1.56. The first-order valence-corrected chi connectivity index (χ1v) is 8.57. The number of nitrogens with zero attached hydrogens (tertiary/aromatic N) is 1. The van der Waals surface area contributed by atoms with Crippen LogP contribution in [0.1, 0.15) is 47.1 Å². The third-order valence-corrected chi connectivity index (χ3v) is 4.23. The van der Waals surface area contributed by atoms with Crippen LogP contribution in [-0.4, -0.2) is 46.9 Å². The largest absolute Gasteiger partial charge is 0.487 e. The number of benzene rings is 1. The van der Waals surface area contributed by atoms with Gasteiger partial charge in [0.1, 0.15) is 18.3 Å². The van der Waals surface area contributed by atoms with E-state index in [0.29, 0.717) is 18.6 Å². The normalized spacial score (nSPS) is 17.5. The molecule has 4 heteroatoms. The van der Waals surface area contributed by atoms with Gasteiger partial charge in [0.15, 0.2) is 11.5 Å². The summed E-state index contributed by atoms with van der Waals surface area (Å²) in [4.78, 5) is 2.27. The predicted molar refractivity (Wildman–Crippen MR) is 93.3 cm³/mol. The van der Waals surface area contributed by atoms with Crippen molar-refractivity contribution in [1.29, 1.82) is 0 Å². The Balaban J connectivity index is 1.96. The van der Waals surface area contributed by atoms with Crippen molar-refractivity contribution in [3.63, 3.8) is 0 Å². The van der Waals surface area contributed by atoms with Gasteiger partial charge in [-0.25, -0.2) is 0 Å². The number of rotatable bonds is 7. The molecule has 1 aromatic rings. The van der Waals surface area contributed by atoms with E-state index in [0.717, 1.165) is 17.9 Å². The van der Waals surface area contributed by atoms with Gasteiger partial charge in [-0.05, 0) is 47.6 Å². The molecule has 0 saturated heterocycles. The number of ether oxygens (including phenoxy) is 2. The minimum Gasteiger partial charge on any atom is -0.487 e. The quantitative estimate of drug-likeness (QED) is 0.837. The molecule has 1 atom stereocenters. The molecule has 1 aromatic carbocycles. The monoisotopic (exact) mass is 321 g/mol. The fourth-order valence-corrected chi connectivity index (χ4v) is 3.20. The topological polar surface area (TPSA) is 41.9 Å². The van der Waals surface area contributed by atoms with Gasteiger partial charge in [-0.15, -0.1) is 0 Å². The highest BCUT2D eigenvalue weighted by molar-refractivity contribution is 5.50. The van der Waals surface area contributed by atoms with Crippen LogP contribution in [0, 0.1) is 0 Å². The Morgan fingerprint density at radius 2 is 1.87 bits per heavy atom. The zero-order chi connectivity index (χ0) is 17.2. The van der Waals surface area contributed by atoms with Crippen LogP contribution in [0.5, 0.6) is 11.5 Å². The second-order valence-electron chi connectivity index (χ2n) is 7.63. The van der Waals surface area contributed by atoms with Crippen LogP contribution < -0.4 is 9.47 Å². The van der Waals surface area contributed by atoms with Crippen molar-refractivity contribution in [2.45, 2.75) is 71.8 Å². The second-order valence-corrected chi connectivity index (χ2v) is 7.63. The van der Waals surface area contributed by atoms with E-state index >= 15 is 0 Å². The average Bonchev–Trinajstić information content (AvgIpc) is 2.76. The Morgan fingerprint density at radius 1 is 1.22 bits per heavy atom. The Labute approximate surface area is 140 Å². The molecule has 0 saturated carbocycles. The highest BCUT2D eigenvalue weighted by Crippen LogP contribution is 2.41. The molecular weight excluding hydrogens is 290 g/mol. The predicted octanol–water partition coefficient (Wildman–Crippen LogP) is 3.26. The summed E-state index contributed by atoms with van der Waals surface area (Å²) in [5, 5.41) is 10.3. The van der Waals surface area contributed by atoms with E-state index in [-0.39, 0.29) is 12.2 Å². The highest BCUT2D eigenvalue weighted by atomic mass is 16.5. The molecular formula is C19H31NO3. The summed E-state index contributed by atoms with van der Waals surface area (Å²) in [6.45, 7) is 13.6. The fourth-order valence-electron chi connectivity index (χ4n) is 3.20. The molecule has 4 nitrogen and oxygen atoms in total. The average molecular weight is 321 g/mol. The summed E-state index contributed by atoms with van der Waals surface area (Å²) in [6, 6.07) is 6.77. The number of fused-ring (bicyclic) bond motifs is 1. The third-order valence-electron chi connectivity index (χ3n) is 4.23. The van der Waals surface area contributed by atoms with E-state index in [1.54, 1.807) is 0 Å². The molecule has 1 aliphatic heterocycles. The zero-order valence-corrected chi connectivity index (χ0v) is 15.3. The van der Waals surface area contributed by atoms with E-state index in [1.807, 2.05) is 12.1 Å². The minimum absolute atomic E-state index is 0.188. The lowest BCUT2D eigenvalue weighted by Gasteiger charge is -2.32. The molecule has 0 fully saturated rings. The van der Waals surface area contributed by atoms with Gasteiger partial charge in [0, 0.05) is 30.6 Å². The van der Waals surface area contributed by atoms with Crippen LogP contribution in [0.15, 0.2) is 18.2 Å². The van der Waals surface area contributed by atoms with Crippen molar-refractivity contribution >= 4 is 0 Å². The summed E-state index contributed by atoms with van der Waals surface area (Å²) in [6.07, 6.45) is 0.362. The molecule has 0 amide bonds. The number of para-hydroxylation sites is 1. The highest BCUT2D eigenvalue weighted by Gasteiger charge is 2.32. The Kier molecular flexibility index (Phi) is 5.58. The number of aliphatic hydroxyl groups is 1. The first kappa shape index (κ1) is 18.1. The van der Waals surface area contributed by atoms with Crippen molar-refractivity contribution in [2.24, 2.45) is 0 Å². The van der Waals surface area contributed by atoms with Gasteiger partial charge in [0.2, 0.25) is 0 Å². The zero-order valence-electron chi connectivity index (χ0n) is 15.3. The molecule has 1 unspecified atom stereocenters.